The van der Waals surface area contributed by atoms with E-state index in [2.05, 4.69) is 15.0 Å². The third-order valence-corrected chi connectivity index (χ3v) is 2.40. The van der Waals surface area contributed by atoms with Crippen molar-refractivity contribution >= 4 is 0 Å². The van der Waals surface area contributed by atoms with Crippen LogP contribution in [0.4, 0.5) is 0 Å². The minimum Gasteiger partial charge on any atom is -0.387 e. The summed E-state index contributed by atoms with van der Waals surface area (Å²) in [5, 5.41) is 12.5. The molecule has 84 valence electrons. The number of nitrogens with zero attached hydrogens (tertiary/aromatic N) is 3. The molecule has 0 amide bonds. The van der Waals surface area contributed by atoms with Crippen LogP contribution in [0.3, 0.4) is 0 Å². The summed E-state index contributed by atoms with van der Waals surface area (Å²) >= 11 is 0. The molecule has 1 aromatic heterocycles. The van der Waals surface area contributed by atoms with E-state index in [1.54, 1.807) is 0 Å². The summed E-state index contributed by atoms with van der Waals surface area (Å²) in [5.41, 5.74) is 0. The Morgan fingerprint density at radius 3 is 2.80 bits per heavy atom. The van der Waals surface area contributed by atoms with Crippen LogP contribution in [0, 0.1) is 0 Å². The fourth-order valence-electron chi connectivity index (χ4n) is 1.54. The van der Waals surface area contributed by atoms with E-state index in [9.17, 15) is 0 Å². The van der Waals surface area contributed by atoms with Crippen LogP contribution in [-0.4, -0.2) is 53.0 Å². The van der Waals surface area contributed by atoms with E-state index in [1.807, 2.05) is 0 Å². The zero-order valence-corrected chi connectivity index (χ0v) is 8.56. The molecule has 1 aromatic rings. The van der Waals surface area contributed by atoms with Gasteiger partial charge in [0.05, 0.1) is 13.2 Å². The third kappa shape index (κ3) is 2.98. The summed E-state index contributed by atoms with van der Waals surface area (Å²) in [6.45, 7) is 4.25. The van der Waals surface area contributed by atoms with Gasteiger partial charge in [-0.3, -0.25) is 4.90 Å². The highest BCUT2D eigenvalue weighted by atomic mass is 16.5. The van der Waals surface area contributed by atoms with Crippen molar-refractivity contribution in [2.75, 3.05) is 32.8 Å². The Morgan fingerprint density at radius 2 is 2.13 bits per heavy atom. The predicted octanol–water partition coefficient (Wildman–Crippen LogP) is -0.563. The molecule has 0 bridgehead atoms. The maximum absolute atomic E-state index is 8.74. The Hall–Kier alpha value is -0.980. The second-order valence-corrected chi connectivity index (χ2v) is 3.47. The van der Waals surface area contributed by atoms with Crippen LogP contribution in [0.15, 0.2) is 4.52 Å². The molecule has 6 nitrogen and oxygen atoms in total. The molecule has 1 N–H and O–H groups in total. The normalized spacial score (nSPS) is 18.2. The van der Waals surface area contributed by atoms with Crippen LogP contribution < -0.4 is 0 Å². The summed E-state index contributed by atoms with van der Waals surface area (Å²) in [5.74, 6) is 0.942. The fraction of sp³-hybridized carbons (Fsp3) is 0.778. The molecule has 1 aliphatic heterocycles. The second kappa shape index (κ2) is 5.20. The largest absolute Gasteiger partial charge is 0.387 e. The number of rotatable bonds is 4. The number of aliphatic hydroxyl groups excluding tert-OH is 1. The molecule has 1 saturated heterocycles. The van der Waals surface area contributed by atoms with Crippen LogP contribution >= 0.6 is 0 Å². The molecule has 15 heavy (non-hydrogen) atoms. The fourth-order valence-corrected chi connectivity index (χ4v) is 1.54. The van der Waals surface area contributed by atoms with Crippen LogP contribution in [0.5, 0.6) is 0 Å². The summed E-state index contributed by atoms with van der Waals surface area (Å²) in [6.07, 6.45) is 0.753. The quantitative estimate of drug-likeness (QED) is 0.722. The molecule has 0 atom stereocenters. The average Bonchev–Trinajstić information content (AvgIpc) is 2.76. The van der Waals surface area contributed by atoms with E-state index in [1.165, 1.54) is 0 Å². The number of hydrogen-bond donors (Lipinski definition) is 1. The Bertz CT molecular complexity index is 297. The number of ether oxygens (including phenoxy) is 1. The molecular formula is C9H15N3O3. The molecule has 0 aromatic carbocycles. The van der Waals surface area contributed by atoms with Crippen molar-refractivity contribution in [3.8, 4) is 0 Å². The number of aliphatic hydroxyl groups is 1. The lowest BCUT2D eigenvalue weighted by molar-refractivity contribution is 0.0381. The van der Waals surface area contributed by atoms with E-state index in [4.69, 9.17) is 14.4 Å². The van der Waals surface area contributed by atoms with Gasteiger partial charge in [0.25, 0.3) is 5.89 Å². The summed E-state index contributed by atoms with van der Waals surface area (Å²) in [4.78, 5) is 6.33. The van der Waals surface area contributed by atoms with Gasteiger partial charge in [0.2, 0.25) is 0 Å². The highest BCUT2D eigenvalue weighted by Gasteiger charge is 2.12. The van der Waals surface area contributed by atoms with Crippen LogP contribution in [0.25, 0.3) is 0 Å². The Labute approximate surface area is 87.8 Å². The highest BCUT2D eigenvalue weighted by molar-refractivity contribution is 4.86. The molecule has 0 saturated carbocycles. The van der Waals surface area contributed by atoms with Crippen molar-refractivity contribution in [1.29, 1.82) is 0 Å². The Morgan fingerprint density at radius 1 is 1.33 bits per heavy atom. The van der Waals surface area contributed by atoms with Gasteiger partial charge < -0.3 is 14.4 Å². The van der Waals surface area contributed by atoms with Crippen LogP contribution in [0.1, 0.15) is 11.7 Å². The summed E-state index contributed by atoms with van der Waals surface area (Å²) in [6, 6.07) is 0. The third-order valence-electron chi connectivity index (χ3n) is 2.40. The van der Waals surface area contributed by atoms with Gasteiger partial charge in [-0.25, -0.2) is 0 Å². The minimum absolute atomic E-state index is 0.190. The lowest BCUT2D eigenvalue weighted by atomic mass is 10.3. The monoisotopic (exact) mass is 213 g/mol. The zero-order valence-electron chi connectivity index (χ0n) is 8.56. The molecular weight excluding hydrogens is 198 g/mol. The van der Waals surface area contributed by atoms with Crippen molar-refractivity contribution in [2.24, 2.45) is 0 Å². The molecule has 6 heteroatoms. The predicted molar refractivity (Wildman–Crippen MR) is 51.2 cm³/mol. The molecule has 2 heterocycles. The van der Waals surface area contributed by atoms with Gasteiger partial charge in [-0.05, 0) is 0 Å². The molecule has 2 rings (SSSR count). The number of hydrogen-bond acceptors (Lipinski definition) is 6. The number of morpholine rings is 1. The maximum Gasteiger partial charge on any atom is 0.252 e. The van der Waals surface area contributed by atoms with E-state index >= 15 is 0 Å². The zero-order chi connectivity index (χ0) is 10.5. The topological polar surface area (TPSA) is 71.6 Å². The van der Waals surface area contributed by atoms with Crippen molar-refractivity contribution in [3.05, 3.63) is 11.7 Å². The first-order chi connectivity index (χ1) is 7.38. The highest BCUT2D eigenvalue weighted by Crippen LogP contribution is 2.01. The smallest absolute Gasteiger partial charge is 0.252 e. The molecule has 0 radical (unpaired) electrons. The molecule has 0 aliphatic carbocycles. The molecule has 0 unspecified atom stereocenters. The summed E-state index contributed by atoms with van der Waals surface area (Å²) < 4.78 is 10.0. The summed E-state index contributed by atoms with van der Waals surface area (Å²) in [7, 11) is 0. The van der Waals surface area contributed by atoms with Gasteiger partial charge in [-0.15, -0.1) is 0 Å². The van der Waals surface area contributed by atoms with Gasteiger partial charge in [-0.1, -0.05) is 5.16 Å². The second-order valence-electron chi connectivity index (χ2n) is 3.47. The standard InChI is InChI=1S/C9H15N3O3/c13-7-9-10-8(11-15-9)1-2-12-3-5-14-6-4-12/h13H,1-7H2. The van der Waals surface area contributed by atoms with Crippen molar-refractivity contribution in [3.63, 3.8) is 0 Å². The van der Waals surface area contributed by atoms with E-state index in [0.717, 1.165) is 39.3 Å². The first-order valence-electron chi connectivity index (χ1n) is 5.11. The Balaban J connectivity index is 1.76. The number of aromatic nitrogens is 2. The minimum atomic E-state index is -0.190. The van der Waals surface area contributed by atoms with Crippen LogP contribution in [0.2, 0.25) is 0 Å². The van der Waals surface area contributed by atoms with Crippen molar-refractivity contribution in [2.45, 2.75) is 13.0 Å². The van der Waals surface area contributed by atoms with Gasteiger partial charge >= 0.3 is 0 Å². The van der Waals surface area contributed by atoms with Crippen molar-refractivity contribution in [1.82, 2.24) is 15.0 Å². The maximum atomic E-state index is 8.74. The van der Waals surface area contributed by atoms with E-state index in [0.29, 0.717) is 5.82 Å². The Kier molecular flexibility index (Phi) is 3.65. The van der Waals surface area contributed by atoms with Crippen LogP contribution in [-0.2, 0) is 17.8 Å². The average molecular weight is 213 g/mol. The molecule has 0 spiro atoms. The molecule has 1 aliphatic rings. The SMILES string of the molecule is OCc1nc(CCN2CCOCC2)no1. The molecule has 1 fully saturated rings. The lowest BCUT2D eigenvalue weighted by Crippen LogP contribution is -2.37. The van der Waals surface area contributed by atoms with Gasteiger partial charge in [0.1, 0.15) is 6.61 Å². The van der Waals surface area contributed by atoms with Gasteiger partial charge in [-0.2, -0.15) is 4.98 Å². The van der Waals surface area contributed by atoms with E-state index < -0.39 is 0 Å². The van der Waals surface area contributed by atoms with Gasteiger partial charge in [0.15, 0.2) is 5.82 Å². The van der Waals surface area contributed by atoms with Crippen molar-refractivity contribution < 1.29 is 14.4 Å². The first kappa shape index (κ1) is 10.5. The van der Waals surface area contributed by atoms with Gasteiger partial charge in [0, 0.05) is 26.1 Å². The lowest BCUT2D eigenvalue weighted by Gasteiger charge is -2.25. The van der Waals surface area contributed by atoms with E-state index in [-0.39, 0.29) is 12.5 Å². The first-order valence-corrected chi connectivity index (χ1v) is 5.11.